The van der Waals surface area contributed by atoms with E-state index in [1.165, 1.54) is 4.90 Å². The molecule has 4 rings (SSSR count). The number of amides is 1. The molecule has 2 aromatic carbocycles. The number of fused-ring (bicyclic) bond motifs is 4. The van der Waals surface area contributed by atoms with Crippen molar-refractivity contribution in [3.63, 3.8) is 0 Å². The molecule has 2 bridgehead atoms. The molecule has 2 aliphatic heterocycles. The molecule has 30 heavy (non-hydrogen) atoms. The summed E-state index contributed by atoms with van der Waals surface area (Å²) in [4.78, 5) is 15.0. The SMILES string of the molecule is CN1C(=O)[C@@H](S(=O)(=O)c2ccc(C(C)(C)C)cc2)[C@@H]2C[C@]1(C)Oc1ccc(Br)cc12. The average molecular weight is 492 g/mol. The molecule has 0 spiro atoms. The fraction of sp³-hybridized carbons (Fsp3) is 0.435. The van der Waals surface area contributed by atoms with Crippen LogP contribution in [-0.4, -0.2) is 37.2 Å². The number of ether oxygens (including phenoxy) is 1. The molecule has 2 aliphatic rings. The lowest BCUT2D eigenvalue weighted by Gasteiger charge is -2.51. The quantitative estimate of drug-likeness (QED) is 0.613. The summed E-state index contributed by atoms with van der Waals surface area (Å²) in [6, 6.07) is 12.5. The van der Waals surface area contributed by atoms with E-state index in [1.807, 2.05) is 37.3 Å². The first-order valence-corrected chi connectivity index (χ1v) is 12.3. The number of hydrogen-bond donors (Lipinski definition) is 0. The fourth-order valence-electron chi connectivity index (χ4n) is 4.41. The molecular formula is C23H26BrNO4S. The molecule has 5 nitrogen and oxygen atoms in total. The summed E-state index contributed by atoms with van der Waals surface area (Å²) < 4.78 is 34.4. The highest BCUT2D eigenvalue weighted by Gasteiger charge is 2.57. The van der Waals surface area contributed by atoms with Crippen molar-refractivity contribution in [1.82, 2.24) is 4.90 Å². The van der Waals surface area contributed by atoms with E-state index >= 15 is 0 Å². The summed E-state index contributed by atoms with van der Waals surface area (Å²) in [5.74, 6) is -0.286. The highest BCUT2D eigenvalue weighted by atomic mass is 79.9. The second-order valence-corrected chi connectivity index (χ2v) is 12.4. The van der Waals surface area contributed by atoms with E-state index in [1.54, 1.807) is 19.2 Å². The number of likely N-dealkylation sites (tertiary alicyclic amines) is 1. The molecule has 0 saturated carbocycles. The van der Waals surface area contributed by atoms with E-state index in [2.05, 4.69) is 36.7 Å². The van der Waals surface area contributed by atoms with Gasteiger partial charge in [0.1, 0.15) is 5.75 Å². The van der Waals surface area contributed by atoms with Gasteiger partial charge in [-0.15, -0.1) is 0 Å². The molecule has 2 aromatic rings. The van der Waals surface area contributed by atoms with E-state index in [0.717, 1.165) is 15.6 Å². The molecule has 1 saturated heterocycles. The number of piperidine rings is 1. The van der Waals surface area contributed by atoms with Gasteiger partial charge in [-0.3, -0.25) is 4.79 Å². The second-order valence-electron chi connectivity index (χ2n) is 9.41. The second kappa shape index (κ2) is 6.82. The summed E-state index contributed by atoms with van der Waals surface area (Å²) in [5.41, 5.74) is 0.839. The molecule has 0 N–H and O–H groups in total. The van der Waals surface area contributed by atoms with Crippen LogP contribution in [0.5, 0.6) is 5.75 Å². The van der Waals surface area contributed by atoms with Gasteiger partial charge in [-0.1, -0.05) is 48.8 Å². The Morgan fingerprint density at radius 3 is 2.37 bits per heavy atom. The number of sulfone groups is 1. The zero-order valence-corrected chi connectivity index (χ0v) is 20.2. The van der Waals surface area contributed by atoms with Crippen molar-refractivity contribution in [1.29, 1.82) is 0 Å². The van der Waals surface area contributed by atoms with E-state index < -0.39 is 32.6 Å². The van der Waals surface area contributed by atoms with E-state index in [0.29, 0.717) is 12.2 Å². The third-order valence-electron chi connectivity index (χ3n) is 6.33. The number of rotatable bonds is 2. The van der Waals surface area contributed by atoms with Crippen LogP contribution in [-0.2, 0) is 20.0 Å². The highest BCUT2D eigenvalue weighted by molar-refractivity contribution is 9.10. The average Bonchev–Trinajstić information content (AvgIpc) is 2.66. The Morgan fingerprint density at radius 2 is 1.77 bits per heavy atom. The lowest BCUT2D eigenvalue weighted by molar-refractivity contribution is -0.159. The summed E-state index contributed by atoms with van der Waals surface area (Å²) in [6.45, 7) is 8.07. The third-order valence-corrected chi connectivity index (χ3v) is 8.95. The van der Waals surface area contributed by atoms with Gasteiger partial charge in [-0.2, -0.15) is 0 Å². The Balaban J connectivity index is 1.84. The summed E-state index contributed by atoms with van der Waals surface area (Å²) in [6.07, 6.45) is 0.419. The van der Waals surface area contributed by atoms with Crippen LogP contribution >= 0.6 is 15.9 Å². The summed E-state index contributed by atoms with van der Waals surface area (Å²) in [7, 11) is -2.28. The van der Waals surface area contributed by atoms with Crippen molar-refractivity contribution >= 4 is 31.7 Å². The molecule has 0 radical (unpaired) electrons. The zero-order valence-electron chi connectivity index (χ0n) is 17.8. The Labute approximate surface area is 186 Å². The minimum absolute atomic E-state index is 0.0864. The van der Waals surface area contributed by atoms with Crippen molar-refractivity contribution in [3.05, 3.63) is 58.1 Å². The molecule has 1 fully saturated rings. The first-order chi connectivity index (χ1) is 13.8. The van der Waals surface area contributed by atoms with Crippen LogP contribution in [0.3, 0.4) is 0 Å². The first-order valence-electron chi connectivity index (χ1n) is 9.95. The Bertz CT molecular complexity index is 1120. The Kier molecular flexibility index (Phi) is 4.86. The fourth-order valence-corrected chi connectivity index (χ4v) is 6.70. The predicted molar refractivity (Wildman–Crippen MR) is 119 cm³/mol. The van der Waals surface area contributed by atoms with Crippen molar-refractivity contribution in [2.75, 3.05) is 7.05 Å². The minimum Gasteiger partial charge on any atom is -0.468 e. The number of halogens is 1. The first kappa shape index (κ1) is 21.4. The molecule has 7 heteroatoms. The lowest BCUT2D eigenvalue weighted by Crippen LogP contribution is -2.64. The van der Waals surface area contributed by atoms with Crippen molar-refractivity contribution in [2.45, 2.75) is 61.3 Å². The van der Waals surface area contributed by atoms with Crippen LogP contribution in [0.2, 0.25) is 0 Å². The molecular weight excluding hydrogens is 466 g/mol. The normalized spacial score (nSPS) is 26.2. The monoisotopic (exact) mass is 491 g/mol. The smallest absolute Gasteiger partial charge is 0.244 e. The van der Waals surface area contributed by atoms with Gasteiger partial charge >= 0.3 is 0 Å². The Morgan fingerprint density at radius 1 is 1.13 bits per heavy atom. The standard InChI is InChI=1S/C23H26BrNO4S/c1-22(2,3)14-6-9-16(10-7-14)30(27,28)20-18-13-23(4,25(5)21(20)26)29-19-11-8-15(24)12-17(18)19/h6-12,18,20H,13H2,1-5H3/t18-,20+,23+/m1/s1. The summed E-state index contributed by atoms with van der Waals surface area (Å²) >= 11 is 3.46. The zero-order chi connectivity index (χ0) is 22.1. The van der Waals surface area contributed by atoms with Crippen LogP contribution in [0.1, 0.15) is 51.2 Å². The van der Waals surface area contributed by atoms with Crippen molar-refractivity contribution < 1.29 is 17.9 Å². The molecule has 160 valence electrons. The molecule has 0 aliphatic carbocycles. The van der Waals surface area contributed by atoms with Crippen LogP contribution < -0.4 is 4.74 Å². The van der Waals surface area contributed by atoms with Gasteiger partial charge in [-0.05, 0) is 48.2 Å². The van der Waals surface area contributed by atoms with E-state index in [9.17, 15) is 13.2 Å². The van der Waals surface area contributed by atoms with E-state index in [4.69, 9.17) is 4.74 Å². The van der Waals surface area contributed by atoms with Crippen LogP contribution in [0, 0.1) is 0 Å². The van der Waals surface area contributed by atoms with Crippen LogP contribution in [0.15, 0.2) is 51.8 Å². The highest BCUT2D eigenvalue weighted by Crippen LogP contribution is 2.50. The van der Waals surface area contributed by atoms with Gasteiger partial charge in [0.2, 0.25) is 5.91 Å². The van der Waals surface area contributed by atoms with Crippen LogP contribution in [0.25, 0.3) is 0 Å². The van der Waals surface area contributed by atoms with Crippen LogP contribution in [0.4, 0.5) is 0 Å². The number of hydrogen-bond acceptors (Lipinski definition) is 4. The topological polar surface area (TPSA) is 63.7 Å². The molecule has 1 amide bonds. The molecule has 2 heterocycles. The number of carbonyl (C=O) groups is 1. The van der Waals surface area contributed by atoms with Crippen molar-refractivity contribution in [3.8, 4) is 5.75 Å². The predicted octanol–water partition coefficient (Wildman–Crippen LogP) is 4.64. The lowest BCUT2D eigenvalue weighted by atomic mass is 9.80. The van der Waals surface area contributed by atoms with Gasteiger partial charge < -0.3 is 9.64 Å². The molecule has 0 aromatic heterocycles. The third kappa shape index (κ3) is 3.26. The van der Waals surface area contributed by atoms with Gasteiger partial charge in [0.05, 0.1) is 4.90 Å². The molecule has 0 unspecified atom stereocenters. The number of benzene rings is 2. The maximum Gasteiger partial charge on any atom is 0.244 e. The number of nitrogens with zero attached hydrogens (tertiary/aromatic N) is 1. The van der Waals surface area contributed by atoms with E-state index in [-0.39, 0.29) is 10.3 Å². The van der Waals surface area contributed by atoms with Gasteiger partial charge in [0.25, 0.3) is 0 Å². The molecule has 3 atom stereocenters. The largest absolute Gasteiger partial charge is 0.468 e. The maximum absolute atomic E-state index is 13.7. The summed E-state index contributed by atoms with van der Waals surface area (Å²) in [5, 5.41) is -1.19. The Hall–Kier alpha value is -1.86. The van der Waals surface area contributed by atoms with Gasteiger partial charge in [0.15, 0.2) is 20.8 Å². The van der Waals surface area contributed by atoms with Gasteiger partial charge in [-0.25, -0.2) is 8.42 Å². The minimum atomic E-state index is -3.90. The van der Waals surface area contributed by atoms with Crippen molar-refractivity contribution in [2.24, 2.45) is 0 Å². The number of carbonyl (C=O) groups excluding carboxylic acids is 1. The van der Waals surface area contributed by atoms with Gasteiger partial charge in [0, 0.05) is 29.4 Å². The maximum atomic E-state index is 13.7.